The number of hydrogen-bond acceptors (Lipinski definition) is 3. The molecule has 80 valence electrons. The van der Waals surface area contributed by atoms with Gasteiger partial charge in [-0.2, -0.15) is 5.10 Å². The molecule has 1 aromatic heterocycles. The van der Waals surface area contributed by atoms with Crippen LogP contribution in [-0.2, 0) is 11.3 Å². The van der Waals surface area contributed by atoms with E-state index in [9.17, 15) is 0 Å². The van der Waals surface area contributed by atoms with Crippen LogP contribution in [-0.4, -0.2) is 29.0 Å². The summed E-state index contributed by atoms with van der Waals surface area (Å²) in [6, 6.07) is 0. The van der Waals surface area contributed by atoms with Gasteiger partial charge in [-0.1, -0.05) is 0 Å². The molecule has 0 amide bonds. The van der Waals surface area contributed by atoms with E-state index >= 15 is 0 Å². The Hall–Kier alpha value is -0.140. The van der Waals surface area contributed by atoms with Gasteiger partial charge >= 0.3 is 0 Å². The van der Waals surface area contributed by atoms with E-state index in [1.54, 1.807) is 0 Å². The molecule has 5 heteroatoms. The van der Waals surface area contributed by atoms with Crippen molar-refractivity contribution in [3.05, 3.63) is 16.0 Å². The van der Waals surface area contributed by atoms with Gasteiger partial charge in [0.25, 0.3) is 0 Å². The van der Waals surface area contributed by atoms with Gasteiger partial charge in [0.05, 0.1) is 15.9 Å². The summed E-state index contributed by atoms with van der Waals surface area (Å²) in [6.45, 7) is 4.15. The lowest BCUT2D eigenvalue weighted by Gasteiger charge is -2.14. The summed E-state index contributed by atoms with van der Waals surface area (Å²) in [5.74, 6) is 0. The lowest BCUT2D eigenvalue weighted by Crippen LogP contribution is -2.25. The monoisotopic (exact) mass is 309 g/mol. The molecule has 0 aliphatic rings. The zero-order valence-electron chi connectivity index (χ0n) is 8.32. The van der Waals surface area contributed by atoms with Gasteiger partial charge in [-0.3, -0.25) is 4.68 Å². The van der Waals surface area contributed by atoms with E-state index in [-0.39, 0.29) is 6.10 Å². The number of ether oxygens (including phenoxy) is 1. The van der Waals surface area contributed by atoms with Crippen molar-refractivity contribution in [2.45, 2.75) is 26.0 Å². The number of hydrogen-bond donors (Lipinski definition) is 1. The Morgan fingerprint density at radius 3 is 3.00 bits per heavy atom. The van der Waals surface area contributed by atoms with Crippen LogP contribution < -0.4 is 5.73 Å². The van der Waals surface area contributed by atoms with Crippen molar-refractivity contribution in [2.75, 3.05) is 13.2 Å². The highest BCUT2D eigenvalue weighted by molar-refractivity contribution is 14.1. The zero-order chi connectivity index (χ0) is 10.4. The van der Waals surface area contributed by atoms with Crippen molar-refractivity contribution in [1.29, 1.82) is 0 Å². The van der Waals surface area contributed by atoms with Gasteiger partial charge < -0.3 is 10.5 Å². The van der Waals surface area contributed by atoms with Crippen LogP contribution in [0.15, 0.2) is 12.4 Å². The summed E-state index contributed by atoms with van der Waals surface area (Å²) in [5.41, 5.74) is 5.57. The maximum Gasteiger partial charge on any atom is 0.0714 e. The van der Waals surface area contributed by atoms with E-state index in [4.69, 9.17) is 10.5 Å². The molecule has 0 bridgehead atoms. The summed E-state index contributed by atoms with van der Waals surface area (Å²) >= 11 is 2.24. The van der Waals surface area contributed by atoms with Crippen molar-refractivity contribution in [3.63, 3.8) is 0 Å². The highest BCUT2D eigenvalue weighted by Crippen LogP contribution is 2.04. The highest BCUT2D eigenvalue weighted by atomic mass is 127. The molecule has 4 nitrogen and oxygen atoms in total. The van der Waals surface area contributed by atoms with Crippen molar-refractivity contribution in [1.82, 2.24) is 9.78 Å². The van der Waals surface area contributed by atoms with E-state index in [1.165, 1.54) is 0 Å². The van der Waals surface area contributed by atoms with Crippen LogP contribution in [0.2, 0.25) is 0 Å². The Balaban J connectivity index is 2.31. The summed E-state index contributed by atoms with van der Waals surface area (Å²) in [4.78, 5) is 0. The number of nitrogens with zero attached hydrogens (tertiary/aromatic N) is 2. The quantitative estimate of drug-likeness (QED) is 0.805. The van der Waals surface area contributed by atoms with Crippen LogP contribution in [0, 0.1) is 3.57 Å². The molecule has 0 spiro atoms. The number of aromatic nitrogens is 2. The average molecular weight is 309 g/mol. The summed E-state index contributed by atoms with van der Waals surface area (Å²) < 4.78 is 8.53. The second-order valence-corrected chi connectivity index (χ2v) is 4.27. The molecule has 0 aliphatic carbocycles. The van der Waals surface area contributed by atoms with Crippen molar-refractivity contribution in [2.24, 2.45) is 5.73 Å². The molecule has 0 saturated heterocycles. The third kappa shape index (κ3) is 3.93. The highest BCUT2D eigenvalue weighted by Gasteiger charge is 2.06. The van der Waals surface area contributed by atoms with Gasteiger partial charge in [0.15, 0.2) is 0 Å². The minimum absolute atomic E-state index is 0.155. The molecule has 1 rings (SSSR count). The van der Waals surface area contributed by atoms with Crippen LogP contribution in [0.1, 0.15) is 13.3 Å². The Morgan fingerprint density at radius 1 is 1.71 bits per heavy atom. The number of nitrogens with two attached hydrogens (primary N) is 1. The second kappa shape index (κ2) is 6.36. The number of rotatable bonds is 6. The van der Waals surface area contributed by atoms with Crippen molar-refractivity contribution >= 4 is 22.6 Å². The fraction of sp³-hybridized carbons (Fsp3) is 0.667. The van der Waals surface area contributed by atoms with E-state index in [1.807, 2.05) is 24.0 Å². The molecule has 1 heterocycles. The Bertz CT molecular complexity index is 264. The van der Waals surface area contributed by atoms with Crippen LogP contribution in [0.5, 0.6) is 0 Å². The van der Waals surface area contributed by atoms with Crippen LogP contribution in [0.3, 0.4) is 0 Å². The molecule has 0 saturated carbocycles. The summed E-state index contributed by atoms with van der Waals surface area (Å²) in [7, 11) is 0. The first kappa shape index (κ1) is 11.9. The fourth-order valence-corrected chi connectivity index (χ4v) is 1.69. The Labute approximate surface area is 97.9 Å². The standard InChI is InChI=1S/C9H16IN3O/c1-2-14-9(5-11)3-4-13-7-8(10)6-12-13/h6-7,9H,2-5,11H2,1H3. The number of aryl methyl sites for hydroxylation is 1. The van der Waals surface area contributed by atoms with E-state index in [2.05, 4.69) is 27.7 Å². The van der Waals surface area contributed by atoms with E-state index in [0.29, 0.717) is 6.54 Å². The first-order valence-electron chi connectivity index (χ1n) is 4.76. The van der Waals surface area contributed by atoms with Crippen molar-refractivity contribution < 1.29 is 4.74 Å². The fourth-order valence-electron chi connectivity index (χ4n) is 1.24. The first-order valence-corrected chi connectivity index (χ1v) is 5.83. The minimum Gasteiger partial charge on any atom is -0.377 e. The molecule has 0 fully saturated rings. The lowest BCUT2D eigenvalue weighted by molar-refractivity contribution is 0.0592. The molecular weight excluding hydrogens is 293 g/mol. The molecule has 0 radical (unpaired) electrons. The molecule has 1 aromatic rings. The van der Waals surface area contributed by atoms with Crippen molar-refractivity contribution in [3.8, 4) is 0 Å². The molecular formula is C9H16IN3O. The van der Waals surface area contributed by atoms with E-state index < -0.39 is 0 Å². The summed E-state index contributed by atoms with van der Waals surface area (Å²) in [5, 5.41) is 4.19. The van der Waals surface area contributed by atoms with Gasteiger partial charge in [0.1, 0.15) is 0 Å². The molecule has 2 N–H and O–H groups in total. The Kier molecular flexibility index (Phi) is 5.42. The molecule has 0 aromatic carbocycles. The number of halogens is 1. The van der Waals surface area contributed by atoms with Gasteiger partial charge in [0.2, 0.25) is 0 Å². The molecule has 1 unspecified atom stereocenters. The Morgan fingerprint density at radius 2 is 2.50 bits per heavy atom. The van der Waals surface area contributed by atoms with Gasteiger partial charge in [-0.25, -0.2) is 0 Å². The minimum atomic E-state index is 0.155. The molecule has 1 atom stereocenters. The smallest absolute Gasteiger partial charge is 0.0714 e. The SMILES string of the molecule is CCOC(CN)CCn1cc(I)cn1. The molecule has 0 aliphatic heterocycles. The second-order valence-electron chi connectivity index (χ2n) is 3.02. The first-order chi connectivity index (χ1) is 6.76. The average Bonchev–Trinajstić information content (AvgIpc) is 2.59. The summed E-state index contributed by atoms with van der Waals surface area (Å²) in [6.07, 6.45) is 4.93. The third-order valence-corrected chi connectivity index (χ3v) is 2.50. The predicted octanol–water partition coefficient (Wildman–Crippen LogP) is 1.24. The van der Waals surface area contributed by atoms with Crippen LogP contribution in [0.25, 0.3) is 0 Å². The molecule has 14 heavy (non-hydrogen) atoms. The largest absolute Gasteiger partial charge is 0.377 e. The van der Waals surface area contributed by atoms with Crippen LogP contribution >= 0.6 is 22.6 Å². The maximum absolute atomic E-state index is 5.57. The normalized spacial score (nSPS) is 13.1. The van der Waals surface area contributed by atoms with Gasteiger partial charge in [-0.05, 0) is 35.9 Å². The zero-order valence-corrected chi connectivity index (χ0v) is 10.5. The maximum atomic E-state index is 5.57. The van der Waals surface area contributed by atoms with Gasteiger partial charge in [0, 0.05) is 25.9 Å². The van der Waals surface area contributed by atoms with E-state index in [0.717, 1.165) is 23.1 Å². The lowest BCUT2D eigenvalue weighted by atomic mass is 10.2. The third-order valence-electron chi connectivity index (χ3n) is 1.95. The topological polar surface area (TPSA) is 53.1 Å². The predicted molar refractivity (Wildman–Crippen MR) is 64.0 cm³/mol. The van der Waals surface area contributed by atoms with Crippen LogP contribution in [0.4, 0.5) is 0 Å². The van der Waals surface area contributed by atoms with Gasteiger partial charge in [-0.15, -0.1) is 0 Å².